The van der Waals surface area contributed by atoms with Crippen molar-refractivity contribution in [3.8, 4) is 22.8 Å². The van der Waals surface area contributed by atoms with E-state index in [1.165, 1.54) is 17.4 Å². The molecule has 0 unspecified atom stereocenters. The molecule has 1 amide bonds. The van der Waals surface area contributed by atoms with Gasteiger partial charge in [-0.1, -0.05) is 0 Å². The fraction of sp³-hybridized carbons (Fsp3) is 0.143. The minimum absolute atomic E-state index is 0.0125. The molecule has 2 heterocycles. The first kappa shape index (κ1) is 19.8. The Morgan fingerprint density at radius 3 is 2.67 bits per heavy atom. The Hall–Kier alpha value is -3.46. The Bertz CT molecular complexity index is 1240. The van der Waals surface area contributed by atoms with Gasteiger partial charge in [0.05, 0.1) is 32.0 Å². The van der Waals surface area contributed by atoms with Gasteiger partial charge in [-0.2, -0.15) is 0 Å². The molecular weight excluding hydrogens is 412 g/mol. The number of anilines is 1. The van der Waals surface area contributed by atoms with Gasteiger partial charge in [0.2, 0.25) is 5.91 Å². The summed E-state index contributed by atoms with van der Waals surface area (Å²) in [6.45, 7) is 0. The van der Waals surface area contributed by atoms with Gasteiger partial charge >= 0.3 is 0 Å². The SMILES string of the molecule is COc1ccc(-c2cn3c(CC(=O)Nc4ccc(F)cc4F)csc3n2)cc1OC. The second kappa shape index (κ2) is 8.11. The van der Waals surface area contributed by atoms with E-state index in [1.54, 1.807) is 20.3 Å². The largest absolute Gasteiger partial charge is 0.493 e. The lowest BCUT2D eigenvalue weighted by Crippen LogP contribution is -2.16. The van der Waals surface area contributed by atoms with E-state index >= 15 is 0 Å². The van der Waals surface area contributed by atoms with Crippen LogP contribution in [0.4, 0.5) is 14.5 Å². The highest BCUT2D eigenvalue weighted by molar-refractivity contribution is 7.15. The average molecular weight is 429 g/mol. The summed E-state index contributed by atoms with van der Waals surface area (Å²) < 4.78 is 39.2. The van der Waals surface area contributed by atoms with Crippen molar-refractivity contribution in [1.82, 2.24) is 9.38 Å². The van der Waals surface area contributed by atoms with Crippen molar-refractivity contribution in [3.05, 3.63) is 65.3 Å². The number of hydrogen-bond donors (Lipinski definition) is 1. The molecular formula is C21H17F2N3O3S. The quantitative estimate of drug-likeness (QED) is 0.489. The van der Waals surface area contributed by atoms with Crippen molar-refractivity contribution < 1.29 is 23.0 Å². The Balaban J connectivity index is 1.56. The van der Waals surface area contributed by atoms with Gasteiger partial charge in [-0.05, 0) is 30.3 Å². The first-order chi connectivity index (χ1) is 14.5. The summed E-state index contributed by atoms with van der Waals surface area (Å²) in [4.78, 5) is 17.7. The maximum absolute atomic E-state index is 13.8. The van der Waals surface area contributed by atoms with Gasteiger partial charge in [-0.15, -0.1) is 11.3 Å². The van der Waals surface area contributed by atoms with Crippen molar-refractivity contribution in [2.45, 2.75) is 6.42 Å². The van der Waals surface area contributed by atoms with Gasteiger partial charge < -0.3 is 14.8 Å². The van der Waals surface area contributed by atoms with E-state index in [1.807, 2.05) is 28.1 Å². The number of halogens is 2. The molecule has 0 aliphatic heterocycles. The van der Waals surface area contributed by atoms with E-state index in [0.717, 1.165) is 22.7 Å². The predicted molar refractivity (Wildman–Crippen MR) is 110 cm³/mol. The summed E-state index contributed by atoms with van der Waals surface area (Å²) in [5, 5.41) is 4.29. The maximum Gasteiger partial charge on any atom is 0.230 e. The number of carbonyl (C=O) groups excluding carboxylic acids is 1. The van der Waals surface area contributed by atoms with Gasteiger partial charge in [0, 0.05) is 28.9 Å². The van der Waals surface area contributed by atoms with Crippen LogP contribution in [0.1, 0.15) is 5.69 Å². The van der Waals surface area contributed by atoms with Gasteiger partial charge in [0.1, 0.15) is 11.6 Å². The Kier molecular flexibility index (Phi) is 5.37. The molecule has 0 bridgehead atoms. The highest BCUT2D eigenvalue weighted by atomic mass is 32.1. The zero-order valence-electron chi connectivity index (χ0n) is 16.1. The highest BCUT2D eigenvalue weighted by Crippen LogP contribution is 2.32. The summed E-state index contributed by atoms with van der Waals surface area (Å²) in [5.74, 6) is -0.732. The molecule has 154 valence electrons. The fourth-order valence-corrected chi connectivity index (χ4v) is 3.91. The number of thiazole rings is 1. The number of hydrogen-bond acceptors (Lipinski definition) is 5. The van der Waals surface area contributed by atoms with E-state index < -0.39 is 17.5 Å². The fourth-order valence-electron chi connectivity index (χ4n) is 3.04. The summed E-state index contributed by atoms with van der Waals surface area (Å²) in [6.07, 6.45) is 1.84. The number of ether oxygens (including phenoxy) is 2. The molecule has 6 nitrogen and oxygen atoms in total. The van der Waals surface area contributed by atoms with E-state index in [0.29, 0.717) is 22.9 Å². The van der Waals surface area contributed by atoms with Gasteiger partial charge in [-0.3, -0.25) is 9.20 Å². The standard InChI is InChI=1S/C21H17F2N3O3S/c1-28-18-6-3-12(7-19(18)29-2)17-10-26-14(11-30-21(26)25-17)9-20(27)24-16-5-4-13(22)8-15(16)23/h3-8,10-11H,9H2,1-2H3,(H,24,27). The minimum Gasteiger partial charge on any atom is -0.493 e. The Labute approximate surface area is 174 Å². The lowest BCUT2D eigenvalue weighted by atomic mass is 10.1. The smallest absolute Gasteiger partial charge is 0.230 e. The van der Waals surface area contributed by atoms with Crippen molar-refractivity contribution in [2.24, 2.45) is 0 Å². The van der Waals surface area contributed by atoms with Crippen molar-refractivity contribution in [2.75, 3.05) is 19.5 Å². The van der Waals surface area contributed by atoms with Gasteiger partial charge in [-0.25, -0.2) is 13.8 Å². The van der Waals surface area contributed by atoms with Crippen molar-refractivity contribution in [1.29, 1.82) is 0 Å². The van der Waals surface area contributed by atoms with Gasteiger partial charge in [0.15, 0.2) is 16.5 Å². The van der Waals surface area contributed by atoms with Crippen LogP contribution in [-0.2, 0) is 11.2 Å². The summed E-state index contributed by atoms with van der Waals surface area (Å²) in [7, 11) is 3.13. The van der Waals surface area contributed by atoms with Crippen LogP contribution < -0.4 is 14.8 Å². The third-order valence-corrected chi connectivity index (χ3v) is 5.40. The van der Waals surface area contributed by atoms with Crippen LogP contribution in [-0.4, -0.2) is 29.5 Å². The lowest BCUT2D eigenvalue weighted by molar-refractivity contribution is -0.115. The molecule has 9 heteroatoms. The lowest BCUT2D eigenvalue weighted by Gasteiger charge is -2.08. The first-order valence-electron chi connectivity index (χ1n) is 8.91. The van der Waals surface area contributed by atoms with Crippen molar-refractivity contribution in [3.63, 3.8) is 0 Å². The zero-order valence-corrected chi connectivity index (χ0v) is 16.9. The van der Waals surface area contributed by atoms with Crippen LogP contribution in [0.25, 0.3) is 16.2 Å². The number of rotatable bonds is 6. The number of benzene rings is 2. The molecule has 4 rings (SSSR count). The van der Waals surface area contributed by atoms with Crippen LogP contribution in [0.15, 0.2) is 48.0 Å². The molecule has 0 atom stereocenters. The monoisotopic (exact) mass is 429 g/mol. The van der Waals surface area contributed by atoms with Crippen LogP contribution in [0.5, 0.6) is 11.5 Å². The predicted octanol–water partition coefficient (Wildman–Crippen LogP) is 4.54. The summed E-state index contributed by atoms with van der Waals surface area (Å²) >= 11 is 1.39. The molecule has 0 saturated heterocycles. The molecule has 0 spiro atoms. The summed E-state index contributed by atoms with van der Waals surface area (Å²) in [5.41, 5.74) is 2.19. The molecule has 30 heavy (non-hydrogen) atoms. The molecule has 0 aliphatic rings. The topological polar surface area (TPSA) is 64.9 Å². The normalized spacial score (nSPS) is 10.9. The summed E-state index contributed by atoms with van der Waals surface area (Å²) in [6, 6.07) is 8.51. The molecule has 4 aromatic rings. The maximum atomic E-state index is 13.8. The zero-order chi connectivity index (χ0) is 21.3. The van der Waals surface area contributed by atoms with E-state index in [4.69, 9.17) is 9.47 Å². The molecule has 2 aromatic carbocycles. The van der Waals surface area contributed by atoms with Crippen LogP contribution in [0.3, 0.4) is 0 Å². The average Bonchev–Trinajstić information content (AvgIpc) is 3.31. The minimum atomic E-state index is -0.822. The van der Waals surface area contributed by atoms with Crippen molar-refractivity contribution >= 4 is 27.9 Å². The third-order valence-electron chi connectivity index (χ3n) is 4.51. The van der Waals surface area contributed by atoms with Crippen LogP contribution in [0.2, 0.25) is 0 Å². The number of nitrogens with zero attached hydrogens (tertiary/aromatic N) is 2. The highest BCUT2D eigenvalue weighted by Gasteiger charge is 2.15. The number of carbonyl (C=O) groups is 1. The molecule has 0 saturated carbocycles. The molecule has 0 radical (unpaired) electrons. The Morgan fingerprint density at radius 1 is 1.13 bits per heavy atom. The number of fused-ring (bicyclic) bond motifs is 1. The van der Waals surface area contributed by atoms with E-state index in [-0.39, 0.29) is 12.1 Å². The molecule has 0 aliphatic carbocycles. The molecule has 0 fully saturated rings. The van der Waals surface area contributed by atoms with Crippen LogP contribution in [0, 0.1) is 11.6 Å². The number of nitrogens with one attached hydrogen (secondary N) is 1. The third kappa shape index (κ3) is 3.84. The van der Waals surface area contributed by atoms with Gasteiger partial charge in [0.25, 0.3) is 0 Å². The number of imidazole rings is 1. The second-order valence-corrected chi connectivity index (χ2v) is 7.26. The van der Waals surface area contributed by atoms with E-state index in [2.05, 4.69) is 10.3 Å². The number of amides is 1. The number of methoxy groups -OCH3 is 2. The van der Waals surface area contributed by atoms with Crippen LogP contribution >= 0.6 is 11.3 Å². The second-order valence-electron chi connectivity index (χ2n) is 6.42. The number of aromatic nitrogens is 2. The first-order valence-corrected chi connectivity index (χ1v) is 9.79. The molecule has 2 aromatic heterocycles. The molecule has 1 N–H and O–H groups in total. The van der Waals surface area contributed by atoms with E-state index in [9.17, 15) is 13.6 Å². The Morgan fingerprint density at radius 2 is 1.93 bits per heavy atom.